The molecular formula is C23H29N3O2. The van der Waals surface area contributed by atoms with Crippen LogP contribution in [0.2, 0.25) is 0 Å². The van der Waals surface area contributed by atoms with Crippen LogP contribution in [0.25, 0.3) is 0 Å². The summed E-state index contributed by atoms with van der Waals surface area (Å²) >= 11 is 0. The van der Waals surface area contributed by atoms with E-state index in [0.29, 0.717) is 17.3 Å². The number of amides is 2. The molecule has 2 aromatic carbocycles. The lowest BCUT2D eigenvalue weighted by molar-refractivity contribution is -0.132. The summed E-state index contributed by atoms with van der Waals surface area (Å²) in [6.45, 7) is 8.63. The molecule has 0 aliphatic carbocycles. The predicted octanol–water partition coefficient (Wildman–Crippen LogP) is 4.62. The lowest BCUT2D eigenvalue weighted by atomic mass is 9.99. The highest BCUT2D eigenvalue weighted by molar-refractivity contribution is 6.43. The van der Waals surface area contributed by atoms with E-state index >= 15 is 0 Å². The molecule has 2 amide bonds. The van der Waals surface area contributed by atoms with E-state index in [1.807, 2.05) is 48.5 Å². The van der Waals surface area contributed by atoms with Crippen LogP contribution in [-0.2, 0) is 9.59 Å². The maximum Gasteiger partial charge on any atom is 0.314 e. The molecule has 1 aliphatic rings. The molecule has 0 spiro atoms. The molecule has 2 aromatic rings. The summed E-state index contributed by atoms with van der Waals surface area (Å²) < 4.78 is 0. The van der Waals surface area contributed by atoms with E-state index < -0.39 is 11.8 Å². The van der Waals surface area contributed by atoms with Gasteiger partial charge in [0.1, 0.15) is 0 Å². The Kier molecular flexibility index (Phi) is 6.34. The summed E-state index contributed by atoms with van der Waals surface area (Å²) in [5, 5.41) is 5.30. The Bertz CT molecular complexity index is 805. The number of nitrogens with one attached hydrogen (secondary N) is 2. The van der Waals surface area contributed by atoms with Gasteiger partial charge >= 0.3 is 11.8 Å². The molecule has 1 heterocycles. The molecule has 1 fully saturated rings. The topological polar surface area (TPSA) is 61.4 Å². The maximum absolute atomic E-state index is 12.2. The average Bonchev–Trinajstić information content (AvgIpc) is 2.69. The Morgan fingerprint density at radius 1 is 0.857 bits per heavy atom. The molecule has 5 nitrogen and oxygen atoms in total. The van der Waals surface area contributed by atoms with Crippen LogP contribution in [0.4, 0.5) is 17.1 Å². The van der Waals surface area contributed by atoms with Gasteiger partial charge in [0.05, 0.1) is 0 Å². The van der Waals surface area contributed by atoms with Crippen LogP contribution in [-0.4, -0.2) is 24.9 Å². The molecule has 0 bridgehead atoms. The number of benzene rings is 2. The fourth-order valence-electron chi connectivity index (χ4n) is 3.35. The van der Waals surface area contributed by atoms with Gasteiger partial charge in [-0.1, -0.05) is 32.9 Å². The first-order valence-corrected chi connectivity index (χ1v) is 9.99. The van der Waals surface area contributed by atoms with Crippen molar-refractivity contribution in [3.05, 3.63) is 54.1 Å². The van der Waals surface area contributed by atoms with E-state index in [4.69, 9.17) is 0 Å². The minimum atomic E-state index is -0.675. The number of hydrogen-bond acceptors (Lipinski definition) is 3. The van der Waals surface area contributed by atoms with E-state index in [1.54, 1.807) is 0 Å². The van der Waals surface area contributed by atoms with Crippen molar-refractivity contribution in [2.75, 3.05) is 28.6 Å². The first kappa shape index (κ1) is 19.9. The van der Waals surface area contributed by atoms with Gasteiger partial charge < -0.3 is 15.5 Å². The predicted molar refractivity (Wildman–Crippen MR) is 115 cm³/mol. The molecule has 0 radical (unpaired) electrons. The zero-order chi connectivity index (χ0) is 20.1. The van der Waals surface area contributed by atoms with Crippen molar-refractivity contribution in [3.8, 4) is 0 Å². The highest BCUT2D eigenvalue weighted by atomic mass is 16.2. The van der Waals surface area contributed by atoms with Crippen LogP contribution in [0.3, 0.4) is 0 Å². The van der Waals surface area contributed by atoms with Crippen LogP contribution < -0.4 is 15.5 Å². The first-order chi connectivity index (χ1) is 13.4. The smallest absolute Gasteiger partial charge is 0.314 e. The average molecular weight is 380 g/mol. The highest BCUT2D eigenvalue weighted by Gasteiger charge is 2.17. The van der Waals surface area contributed by atoms with Crippen LogP contribution in [0.15, 0.2) is 48.5 Å². The molecule has 1 aliphatic heterocycles. The number of anilines is 3. The zero-order valence-corrected chi connectivity index (χ0v) is 16.9. The molecule has 0 aromatic heterocycles. The number of carbonyl (C=O) groups is 2. The van der Waals surface area contributed by atoms with Crippen molar-refractivity contribution < 1.29 is 9.59 Å². The minimum Gasteiger partial charge on any atom is -0.372 e. The Labute approximate surface area is 167 Å². The molecule has 0 atom stereocenters. The summed E-state index contributed by atoms with van der Waals surface area (Å²) in [5.41, 5.74) is 3.56. The van der Waals surface area contributed by atoms with E-state index in [-0.39, 0.29) is 0 Å². The Hall–Kier alpha value is -2.82. The van der Waals surface area contributed by atoms with E-state index in [1.165, 1.54) is 18.4 Å². The zero-order valence-electron chi connectivity index (χ0n) is 16.9. The highest BCUT2D eigenvalue weighted by Crippen LogP contribution is 2.24. The molecule has 1 saturated heterocycles. The standard InChI is InChI=1S/C23H29N3O2/c1-16(2)18-4-6-19(7-5-18)24-22(27)23(28)25-20-8-10-21(11-9-20)26-14-12-17(3)13-15-26/h4-11,16-17H,12-15H2,1-3H3,(H,24,27)(H,25,28). The number of carbonyl (C=O) groups excluding carboxylic acids is 2. The molecule has 28 heavy (non-hydrogen) atoms. The minimum absolute atomic E-state index is 0.421. The van der Waals surface area contributed by atoms with E-state index in [2.05, 4.69) is 36.3 Å². The monoisotopic (exact) mass is 379 g/mol. The fraction of sp³-hybridized carbons (Fsp3) is 0.391. The number of nitrogens with zero attached hydrogens (tertiary/aromatic N) is 1. The molecule has 3 rings (SSSR count). The number of rotatable bonds is 4. The largest absolute Gasteiger partial charge is 0.372 e. The second-order valence-corrected chi connectivity index (χ2v) is 7.90. The van der Waals surface area contributed by atoms with Gasteiger partial charge in [-0.2, -0.15) is 0 Å². The molecular weight excluding hydrogens is 350 g/mol. The number of hydrogen-bond donors (Lipinski definition) is 2. The lowest BCUT2D eigenvalue weighted by Gasteiger charge is -2.32. The van der Waals surface area contributed by atoms with Gasteiger partial charge in [-0.05, 0) is 66.6 Å². The molecule has 148 valence electrons. The SMILES string of the molecule is CC1CCN(c2ccc(NC(=O)C(=O)Nc3ccc(C(C)C)cc3)cc2)CC1. The van der Waals surface area contributed by atoms with Crippen molar-refractivity contribution >= 4 is 28.9 Å². The Morgan fingerprint density at radius 3 is 1.79 bits per heavy atom. The summed E-state index contributed by atoms with van der Waals surface area (Å²) in [7, 11) is 0. The van der Waals surface area contributed by atoms with Crippen molar-refractivity contribution in [1.82, 2.24) is 0 Å². The quantitative estimate of drug-likeness (QED) is 0.762. The van der Waals surface area contributed by atoms with Gasteiger partial charge in [0.25, 0.3) is 0 Å². The molecule has 5 heteroatoms. The second-order valence-electron chi connectivity index (χ2n) is 7.90. The van der Waals surface area contributed by atoms with Crippen LogP contribution in [0.1, 0.15) is 45.1 Å². The first-order valence-electron chi connectivity index (χ1n) is 9.99. The third kappa shape index (κ3) is 5.12. The van der Waals surface area contributed by atoms with Gasteiger partial charge in [0.2, 0.25) is 0 Å². The summed E-state index contributed by atoms with van der Waals surface area (Å²) in [6.07, 6.45) is 2.41. The summed E-state index contributed by atoms with van der Waals surface area (Å²) in [6, 6.07) is 15.2. The second kappa shape index (κ2) is 8.91. The summed E-state index contributed by atoms with van der Waals surface area (Å²) in [5.74, 6) is -0.141. The van der Waals surface area contributed by atoms with Gasteiger partial charge in [0.15, 0.2) is 0 Å². The Balaban J connectivity index is 1.54. The molecule has 0 unspecified atom stereocenters. The number of piperidine rings is 1. The van der Waals surface area contributed by atoms with Gasteiger partial charge in [-0.25, -0.2) is 0 Å². The molecule has 0 saturated carbocycles. The maximum atomic E-state index is 12.2. The lowest BCUT2D eigenvalue weighted by Crippen LogP contribution is -2.32. The van der Waals surface area contributed by atoms with Gasteiger partial charge in [-0.15, -0.1) is 0 Å². The van der Waals surface area contributed by atoms with Crippen molar-refractivity contribution in [2.45, 2.75) is 39.5 Å². The fourth-order valence-corrected chi connectivity index (χ4v) is 3.35. The normalized spacial score (nSPS) is 14.8. The van der Waals surface area contributed by atoms with Crippen molar-refractivity contribution in [1.29, 1.82) is 0 Å². The van der Waals surface area contributed by atoms with Crippen molar-refractivity contribution in [3.63, 3.8) is 0 Å². The third-order valence-electron chi connectivity index (χ3n) is 5.32. The summed E-state index contributed by atoms with van der Waals surface area (Å²) in [4.78, 5) is 26.7. The Morgan fingerprint density at radius 2 is 1.32 bits per heavy atom. The van der Waals surface area contributed by atoms with Crippen LogP contribution >= 0.6 is 0 Å². The van der Waals surface area contributed by atoms with Crippen LogP contribution in [0.5, 0.6) is 0 Å². The van der Waals surface area contributed by atoms with E-state index in [9.17, 15) is 9.59 Å². The molecule has 2 N–H and O–H groups in total. The third-order valence-corrected chi connectivity index (χ3v) is 5.32. The van der Waals surface area contributed by atoms with Crippen molar-refractivity contribution in [2.24, 2.45) is 5.92 Å². The van der Waals surface area contributed by atoms with E-state index in [0.717, 1.165) is 24.7 Å². The van der Waals surface area contributed by atoms with Crippen LogP contribution in [0, 0.1) is 5.92 Å². The van der Waals surface area contributed by atoms with Gasteiger partial charge in [-0.3, -0.25) is 9.59 Å². The van der Waals surface area contributed by atoms with Gasteiger partial charge in [0, 0.05) is 30.2 Å².